The van der Waals surface area contributed by atoms with Crippen molar-refractivity contribution in [3.05, 3.63) is 59.6 Å². The van der Waals surface area contributed by atoms with Crippen LogP contribution in [0.15, 0.2) is 53.5 Å². The molecule has 28 heavy (non-hydrogen) atoms. The molecular formula is C20H23N5O2S. The molecule has 2 aromatic rings. The lowest BCUT2D eigenvalue weighted by Crippen LogP contribution is -2.53. The number of carbonyl (C=O) groups is 1. The number of rotatable bonds is 5. The molecule has 0 bridgehead atoms. The van der Waals surface area contributed by atoms with Gasteiger partial charge >= 0.3 is 0 Å². The minimum Gasteiger partial charge on any atom is -0.497 e. The highest BCUT2D eigenvalue weighted by molar-refractivity contribution is 7.99. The molecule has 4 rings (SSSR count). The summed E-state index contributed by atoms with van der Waals surface area (Å²) >= 11 is 1.52. The largest absolute Gasteiger partial charge is 0.497 e. The van der Waals surface area contributed by atoms with E-state index in [9.17, 15) is 4.79 Å². The maximum Gasteiger partial charge on any atom is 0.264 e. The minimum absolute atomic E-state index is 0.0348. The zero-order valence-electron chi connectivity index (χ0n) is 16.0. The van der Waals surface area contributed by atoms with E-state index in [4.69, 9.17) is 4.74 Å². The second kappa shape index (κ2) is 7.81. The number of amides is 1. The van der Waals surface area contributed by atoms with Crippen molar-refractivity contribution in [1.82, 2.24) is 25.7 Å². The van der Waals surface area contributed by atoms with E-state index >= 15 is 0 Å². The first kappa shape index (κ1) is 18.8. The third-order valence-corrected chi connectivity index (χ3v) is 5.91. The molecule has 1 saturated heterocycles. The minimum atomic E-state index is -0.144. The highest BCUT2D eigenvalue weighted by atomic mass is 32.2. The van der Waals surface area contributed by atoms with Crippen molar-refractivity contribution < 1.29 is 9.53 Å². The van der Waals surface area contributed by atoms with Gasteiger partial charge in [-0.05, 0) is 37.6 Å². The molecule has 146 valence electrons. The number of aromatic nitrogens is 2. The van der Waals surface area contributed by atoms with Crippen LogP contribution in [0, 0.1) is 6.92 Å². The van der Waals surface area contributed by atoms with Gasteiger partial charge in [0, 0.05) is 41.4 Å². The molecule has 2 aliphatic rings. The van der Waals surface area contributed by atoms with Gasteiger partial charge < -0.3 is 10.1 Å². The maximum atomic E-state index is 12.7. The molecule has 1 fully saturated rings. The van der Waals surface area contributed by atoms with Crippen molar-refractivity contribution in [2.24, 2.45) is 0 Å². The summed E-state index contributed by atoms with van der Waals surface area (Å²) in [6.07, 6.45) is 3.26. The number of benzene rings is 1. The Morgan fingerprint density at radius 1 is 1.25 bits per heavy atom. The van der Waals surface area contributed by atoms with Crippen LogP contribution >= 0.6 is 11.8 Å². The van der Waals surface area contributed by atoms with Gasteiger partial charge in [0.15, 0.2) is 5.16 Å². The lowest BCUT2D eigenvalue weighted by Gasteiger charge is -2.33. The van der Waals surface area contributed by atoms with Crippen LogP contribution in [0.4, 0.5) is 0 Å². The fourth-order valence-corrected chi connectivity index (χ4v) is 4.43. The molecule has 0 radical (unpaired) electrons. The van der Waals surface area contributed by atoms with E-state index in [1.807, 2.05) is 25.1 Å². The molecule has 1 amide bonds. The van der Waals surface area contributed by atoms with Crippen LogP contribution < -0.4 is 15.5 Å². The average molecular weight is 398 g/mol. The van der Waals surface area contributed by atoms with Crippen molar-refractivity contribution in [1.29, 1.82) is 0 Å². The number of hydrogen-bond acceptors (Lipinski definition) is 7. The van der Waals surface area contributed by atoms with E-state index in [0.29, 0.717) is 10.9 Å². The van der Waals surface area contributed by atoms with Crippen LogP contribution in [0.5, 0.6) is 5.75 Å². The predicted molar refractivity (Wildman–Crippen MR) is 108 cm³/mol. The molecule has 3 atom stereocenters. The lowest BCUT2D eigenvalue weighted by molar-refractivity contribution is -0.131. The number of ether oxygens (including phenoxy) is 1. The molecule has 3 heterocycles. The SMILES string of the molecule is COc1ccc(C2C(C)NN3C(=O)C=C(CSc4nccc(C)n4)NC23)cc1. The maximum absolute atomic E-state index is 12.7. The normalized spacial score (nSPS) is 23.8. The van der Waals surface area contributed by atoms with Gasteiger partial charge in [-0.25, -0.2) is 15.4 Å². The molecule has 8 heteroatoms. The highest BCUT2D eigenvalue weighted by Crippen LogP contribution is 2.34. The molecule has 0 spiro atoms. The molecule has 7 nitrogen and oxygen atoms in total. The Hall–Kier alpha value is -2.58. The first-order valence-corrected chi connectivity index (χ1v) is 10.2. The standard InChI is InChI=1S/C20H23N5O2S/c1-12-8-9-21-20(22-12)28-11-15-10-17(26)25-19(23-15)18(13(2)24-25)14-4-6-16(27-3)7-5-14/h4-10,13,18-19,23-24H,11H2,1-3H3. The summed E-state index contributed by atoms with van der Waals surface area (Å²) in [6, 6.07) is 10.0. The number of carbonyl (C=O) groups excluding carboxylic acids is 1. The Morgan fingerprint density at radius 3 is 2.75 bits per heavy atom. The van der Waals surface area contributed by atoms with Crippen molar-refractivity contribution in [2.75, 3.05) is 12.9 Å². The van der Waals surface area contributed by atoms with Gasteiger partial charge in [0.1, 0.15) is 11.9 Å². The van der Waals surface area contributed by atoms with E-state index in [1.165, 1.54) is 11.8 Å². The Morgan fingerprint density at radius 2 is 2.04 bits per heavy atom. The second-order valence-electron chi connectivity index (χ2n) is 6.95. The summed E-state index contributed by atoms with van der Waals surface area (Å²) in [7, 11) is 1.66. The molecule has 0 aliphatic carbocycles. The Labute approximate surface area is 168 Å². The number of thioether (sulfide) groups is 1. The van der Waals surface area contributed by atoms with Crippen molar-refractivity contribution in [3.8, 4) is 5.75 Å². The van der Waals surface area contributed by atoms with Crippen molar-refractivity contribution in [2.45, 2.75) is 37.1 Å². The van der Waals surface area contributed by atoms with Gasteiger partial charge in [-0.3, -0.25) is 9.80 Å². The van der Waals surface area contributed by atoms with Crippen molar-refractivity contribution >= 4 is 17.7 Å². The zero-order chi connectivity index (χ0) is 19.7. The van der Waals surface area contributed by atoms with Gasteiger partial charge in [-0.15, -0.1) is 0 Å². The molecular weight excluding hydrogens is 374 g/mol. The van der Waals surface area contributed by atoms with Crippen LogP contribution in [0.1, 0.15) is 24.1 Å². The number of nitrogens with zero attached hydrogens (tertiary/aromatic N) is 3. The summed E-state index contributed by atoms with van der Waals surface area (Å²) in [6.45, 7) is 4.04. The Bertz CT molecular complexity index is 902. The quantitative estimate of drug-likeness (QED) is 0.592. The number of hydrazine groups is 1. The molecule has 1 aromatic carbocycles. The fraction of sp³-hybridized carbons (Fsp3) is 0.350. The van der Waals surface area contributed by atoms with Crippen LogP contribution in [0.25, 0.3) is 0 Å². The smallest absolute Gasteiger partial charge is 0.264 e. The molecule has 3 unspecified atom stereocenters. The average Bonchev–Trinajstić information content (AvgIpc) is 3.03. The third kappa shape index (κ3) is 3.70. The molecule has 0 saturated carbocycles. The lowest BCUT2D eigenvalue weighted by atomic mass is 9.90. The summed E-state index contributed by atoms with van der Waals surface area (Å²) in [5.74, 6) is 1.52. The number of aryl methyl sites for hydroxylation is 1. The Kier molecular flexibility index (Phi) is 5.23. The second-order valence-corrected chi connectivity index (χ2v) is 7.90. The number of methoxy groups -OCH3 is 1. The van der Waals surface area contributed by atoms with Gasteiger partial charge in [0.25, 0.3) is 5.91 Å². The van der Waals surface area contributed by atoms with Gasteiger partial charge in [0.05, 0.1) is 7.11 Å². The van der Waals surface area contributed by atoms with Gasteiger partial charge in [0.2, 0.25) is 0 Å². The third-order valence-electron chi connectivity index (χ3n) is 5.00. The van der Waals surface area contributed by atoms with Crippen LogP contribution in [-0.2, 0) is 4.79 Å². The highest BCUT2D eigenvalue weighted by Gasteiger charge is 2.44. The number of nitrogens with one attached hydrogen (secondary N) is 2. The summed E-state index contributed by atoms with van der Waals surface area (Å²) < 4.78 is 5.26. The number of hydrogen-bond donors (Lipinski definition) is 2. The van der Waals surface area contributed by atoms with Crippen LogP contribution in [0.3, 0.4) is 0 Å². The summed E-state index contributed by atoms with van der Waals surface area (Å²) in [4.78, 5) is 21.3. The van der Waals surface area contributed by atoms with Gasteiger partial charge in [-0.1, -0.05) is 23.9 Å². The first-order chi connectivity index (χ1) is 13.5. The molecule has 2 N–H and O–H groups in total. The zero-order valence-corrected chi connectivity index (χ0v) is 16.9. The first-order valence-electron chi connectivity index (χ1n) is 9.18. The topological polar surface area (TPSA) is 79.4 Å². The van der Waals surface area contributed by atoms with Crippen LogP contribution in [-0.4, -0.2) is 46.0 Å². The predicted octanol–water partition coefficient (Wildman–Crippen LogP) is 2.22. The fourth-order valence-electron chi connectivity index (χ4n) is 3.64. The molecule has 2 aliphatic heterocycles. The Balaban J connectivity index is 1.51. The van der Waals surface area contributed by atoms with E-state index in [-0.39, 0.29) is 24.0 Å². The van der Waals surface area contributed by atoms with E-state index < -0.39 is 0 Å². The van der Waals surface area contributed by atoms with E-state index in [1.54, 1.807) is 24.4 Å². The summed E-state index contributed by atoms with van der Waals surface area (Å²) in [5, 5.41) is 5.94. The van der Waals surface area contributed by atoms with Crippen LogP contribution in [0.2, 0.25) is 0 Å². The monoisotopic (exact) mass is 397 g/mol. The molecule has 1 aromatic heterocycles. The van der Waals surface area contributed by atoms with Crippen molar-refractivity contribution in [3.63, 3.8) is 0 Å². The van der Waals surface area contributed by atoms with Gasteiger partial charge in [-0.2, -0.15) is 0 Å². The summed E-state index contributed by atoms with van der Waals surface area (Å²) in [5.41, 5.74) is 6.27. The van der Waals surface area contributed by atoms with E-state index in [2.05, 4.69) is 39.8 Å². The van der Waals surface area contributed by atoms with E-state index in [0.717, 1.165) is 22.7 Å². The number of fused-ring (bicyclic) bond motifs is 1.